The SMILES string of the molecule is Cc1cccc(CN2CCN(C(=O)C3CCN(S(=O)(=O)c4cccnc4Cl)CC3)CC2)c1. The highest BCUT2D eigenvalue weighted by atomic mass is 35.5. The van der Waals surface area contributed by atoms with Crippen molar-refractivity contribution < 1.29 is 13.2 Å². The second-order valence-corrected chi connectivity index (χ2v) is 10.8. The van der Waals surface area contributed by atoms with Crippen molar-refractivity contribution in [1.82, 2.24) is 19.1 Å². The van der Waals surface area contributed by atoms with Crippen molar-refractivity contribution in [3.8, 4) is 0 Å². The van der Waals surface area contributed by atoms with E-state index in [0.29, 0.717) is 39.0 Å². The van der Waals surface area contributed by atoms with Crippen LogP contribution in [-0.4, -0.2) is 72.7 Å². The van der Waals surface area contributed by atoms with Gasteiger partial charge in [0, 0.05) is 57.9 Å². The Morgan fingerprint density at radius 3 is 2.44 bits per heavy atom. The number of benzene rings is 1. The summed E-state index contributed by atoms with van der Waals surface area (Å²) in [6.07, 6.45) is 2.52. The topological polar surface area (TPSA) is 73.8 Å². The number of nitrogens with zero attached hydrogens (tertiary/aromatic N) is 4. The first-order valence-corrected chi connectivity index (χ1v) is 12.8. The maximum Gasteiger partial charge on any atom is 0.246 e. The molecule has 2 saturated heterocycles. The van der Waals surface area contributed by atoms with Crippen LogP contribution in [0.15, 0.2) is 47.5 Å². The van der Waals surface area contributed by atoms with Crippen LogP contribution in [0.1, 0.15) is 24.0 Å². The summed E-state index contributed by atoms with van der Waals surface area (Å²) >= 11 is 6.00. The number of amides is 1. The number of aryl methyl sites for hydroxylation is 1. The third-order valence-corrected chi connectivity index (χ3v) is 8.66. The lowest BCUT2D eigenvalue weighted by Gasteiger charge is -2.38. The standard InChI is InChI=1S/C23H29ClN4O3S/c1-18-4-2-5-19(16-18)17-26-12-14-27(15-13-26)23(29)20-7-10-28(11-8-20)32(30,31)21-6-3-9-25-22(21)24/h2-6,9,16,20H,7-8,10-15,17H2,1H3. The zero-order valence-electron chi connectivity index (χ0n) is 18.3. The molecule has 0 atom stereocenters. The van der Waals surface area contributed by atoms with E-state index in [9.17, 15) is 13.2 Å². The van der Waals surface area contributed by atoms with E-state index in [2.05, 4.69) is 41.1 Å². The Kier molecular flexibility index (Phi) is 7.14. The first kappa shape index (κ1) is 23.2. The van der Waals surface area contributed by atoms with Gasteiger partial charge in [-0.25, -0.2) is 13.4 Å². The Hall–Kier alpha value is -2.00. The van der Waals surface area contributed by atoms with Crippen molar-refractivity contribution in [3.63, 3.8) is 0 Å². The number of carbonyl (C=O) groups is 1. The van der Waals surface area contributed by atoms with Crippen LogP contribution in [0.4, 0.5) is 0 Å². The van der Waals surface area contributed by atoms with Crippen LogP contribution >= 0.6 is 11.6 Å². The van der Waals surface area contributed by atoms with Gasteiger partial charge in [-0.05, 0) is 37.5 Å². The second-order valence-electron chi connectivity index (χ2n) is 8.56. The summed E-state index contributed by atoms with van der Waals surface area (Å²) in [6.45, 7) is 6.77. The number of piperazine rings is 1. The molecule has 0 N–H and O–H groups in total. The molecule has 1 aromatic heterocycles. The number of hydrogen-bond donors (Lipinski definition) is 0. The number of piperidine rings is 1. The molecule has 2 aliphatic rings. The Balaban J connectivity index is 1.28. The largest absolute Gasteiger partial charge is 0.340 e. The van der Waals surface area contributed by atoms with Crippen molar-refractivity contribution in [1.29, 1.82) is 0 Å². The molecule has 9 heteroatoms. The molecular weight excluding hydrogens is 448 g/mol. The smallest absolute Gasteiger partial charge is 0.246 e. The summed E-state index contributed by atoms with van der Waals surface area (Å²) < 4.78 is 27.2. The van der Waals surface area contributed by atoms with Crippen LogP contribution in [0.25, 0.3) is 0 Å². The van der Waals surface area contributed by atoms with Crippen molar-refractivity contribution in [2.45, 2.75) is 31.2 Å². The zero-order chi connectivity index (χ0) is 22.7. The van der Waals surface area contributed by atoms with Gasteiger partial charge in [-0.15, -0.1) is 0 Å². The molecule has 2 fully saturated rings. The highest BCUT2D eigenvalue weighted by Crippen LogP contribution is 2.28. The summed E-state index contributed by atoms with van der Waals surface area (Å²) in [5.41, 5.74) is 2.56. The number of carbonyl (C=O) groups excluding carboxylic acids is 1. The van der Waals surface area contributed by atoms with Crippen molar-refractivity contribution in [2.24, 2.45) is 5.92 Å². The van der Waals surface area contributed by atoms with Gasteiger partial charge in [-0.3, -0.25) is 9.69 Å². The molecule has 1 amide bonds. The van der Waals surface area contributed by atoms with E-state index >= 15 is 0 Å². The van der Waals surface area contributed by atoms with Gasteiger partial charge in [0.05, 0.1) is 0 Å². The molecule has 172 valence electrons. The van der Waals surface area contributed by atoms with E-state index in [-0.39, 0.29) is 21.9 Å². The van der Waals surface area contributed by atoms with E-state index in [4.69, 9.17) is 11.6 Å². The second kappa shape index (κ2) is 9.87. The average molecular weight is 477 g/mol. The lowest BCUT2D eigenvalue weighted by atomic mass is 9.96. The number of hydrogen-bond acceptors (Lipinski definition) is 5. The molecular formula is C23H29ClN4O3S. The Labute approximate surface area is 195 Å². The highest BCUT2D eigenvalue weighted by Gasteiger charge is 2.35. The van der Waals surface area contributed by atoms with Gasteiger partial charge in [0.1, 0.15) is 10.0 Å². The minimum atomic E-state index is -3.70. The first-order chi connectivity index (χ1) is 15.3. The van der Waals surface area contributed by atoms with Crippen molar-refractivity contribution in [3.05, 3.63) is 58.9 Å². The van der Waals surface area contributed by atoms with Gasteiger partial charge in [0.15, 0.2) is 0 Å². The molecule has 0 aliphatic carbocycles. The number of rotatable bonds is 5. The van der Waals surface area contributed by atoms with Crippen LogP contribution in [-0.2, 0) is 21.4 Å². The maximum absolute atomic E-state index is 13.1. The fraction of sp³-hybridized carbons (Fsp3) is 0.478. The monoisotopic (exact) mass is 476 g/mol. The first-order valence-electron chi connectivity index (χ1n) is 11.0. The predicted octanol–water partition coefficient (Wildman–Crippen LogP) is 2.79. The highest BCUT2D eigenvalue weighted by molar-refractivity contribution is 7.89. The summed E-state index contributed by atoms with van der Waals surface area (Å²) in [5.74, 6) is 0.0193. The van der Waals surface area contributed by atoms with Crippen molar-refractivity contribution in [2.75, 3.05) is 39.3 Å². The number of aromatic nitrogens is 1. The molecule has 2 aliphatic heterocycles. The van der Waals surface area contributed by atoms with Gasteiger partial charge in [-0.2, -0.15) is 4.31 Å². The van der Waals surface area contributed by atoms with Gasteiger partial charge in [0.2, 0.25) is 15.9 Å². The molecule has 3 heterocycles. The van der Waals surface area contributed by atoms with E-state index in [1.165, 1.54) is 27.7 Å². The van der Waals surface area contributed by atoms with Gasteiger partial charge < -0.3 is 4.90 Å². The number of pyridine rings is 1. The summed E-state index contributed by atoms with van der Waals surface area (Å²) in [6, 6.07) is 11.6. The molecule has 2 aromatic rings. The molecule has 7 nitrogen and oxygen atoms in total. The zero-order valence-corrected chi connectivity index (χ0v) is 19.9. The van der Waals surface area contributed by atoms with Crippen LogP contribution in [0.2, 0.25) is 5.15 Å². The quantitative estimate of drug-likeness (QED) is 0.620. The van der Waals surface area contributed by atoms with Crippen molar-refractivity contribution >= 4 is 27.5 Å². The van der Waals surface area contributed by atoms with Gasteiger partial charge in [-0.1, -0.05) is 41.4 Å². The molecule has 32 heavy (non-hydrogen) atoms. The molecule has 1 aromatic carbocycles. The molecule has 0 unspecified atom stereocenters. The lowest BCUT2D eigenvalue weighted by Crippen LogP contribution is -2.51. The maximum atomic E-state index is 13.1. The summed E-state index contributed by atoms with van der Waals surface area (Å²) in [7, 11) is -3.70. The Morgan fingerprint density at radius 1 is 1.06 bits per heavy atom. The normalized spacial score (nSPS) is 19.2. The molecule has 4 rings (SSSR count). The fourth-order valence-corrected chi connectivity index (χ4v) is 6.40. The molecule has 0 bridgehead atoms. The third kappa shape index (κ3) is 5.14. The third-order valence-electron chi connectivity index (χ3n) is 6.32. The van der Waals surface area contributed by atoms with Crippen LogP contribution in [0.3, 0.4) is 0 Å². The van der Waals surface area contributed by atoms with E-state index in [0.717, 1.165) is 19.6 Å². The van der Waals surface area contributed by atoms with Crippen LogP contribution in [0, 0.1) is 12.8 Å². The number of sulfonamides is 1. The minimum Gasteiger partial charge on any atom is -0.340 e. The van der Waals surface area contributed by atoms with E-state index in [1.54, 1.807) is 6.07 Å². The Morgan fingerprint density at radius 2 is 1.78 bits per heavy atom. The lowest BCUT2D eigenvalue weighted by molar-refractivity contribution is -0.138. The fourth-order valence-electron chi connectivity index (χ4n) is 4.50. The van der Waals surface area contributed by atoms with Gasteiger partial charge >= 0.3 is 0 Å². The van der Waals surface area contributed by atoms with E-state index in [1.807, 2.05) is 4.90 Å². The van der Waals surface area contributed by atoms with E-state index < -0.39 is 10.0 Å². The predicted molar refractivity (Wildman–Crippen MR) is 124 cm³/mol. The summed E-state index contributed by atoms with van der Waals surface area (Å²) in [4.78, 5) is 21.3. The summed E-state index contributed by atoms with van der Waals surface area (Å²) in [5, 5.41) is -0.0192. The average Bonchev–Trinajstić information content (AvgIpc) is 2.79. The molecule has 0 radical (unpaired) electrons. The minimum absolute atomic E-state index is 0.0192. The number of halogens is 1. The van der Waals surface area contributed by atoms with Crippen LogP contribution in [0.5, 0.6) is 0 Å². The van der Waals surface area contributed by atoms with Gasteiger partial charge in [0.25, 0.3) is 0 Å². The Bertz CT molecular complexity index is 1060. The molecule has 0 spiro atoms. The van der Waals surface area contributed by atoms with Crippen LogP contribution < -0.4 is 0 Å². The molecule has 0 saturated carbocycles.